The van der Waals surface area contributed by atoms with Gasteiger partial charge in [-0.2, -0.15) is 4.37 Å². The number of nitrogens with two attached hydrogens (primary N) is 1. The van der Waals surface area contributed by atoms with E-state index < -0.39 is 0 Å². The van der Waals surface area contributed by atoms with Gasteiger partial charge in [-0.25, -0.2) is 9.97 Å². The maximum Gasteiger partial charge on any atom is 0.193 e. The van der Waals surface area contributed by atoms with E-state index in [0.717, 1.165) is 17.1 Å². The maximum absolute atomic E-state index is 5.79. The third kappa shape index (κ3) is 3.97. The van der Waals surface area contributed by atoms with Crippen LogP contribution in [0.25, 0.3) is 11.5 Å². The van der Waals surface area contributed by atoms with Crippen LogP contribution in [0.1, 0.15) is 53.7 Å². The van der Waals surface area contributed by atoms with Gasteiger partial charge in [-0.3, -0.25) is 4.98 Å². The average Bonchev–Trinajstić information content (AvgIpc) is 3.06. The van der Waals surface area contributed by atoms with Gasteiger partial charge in [-0.05, 0) is 47.6 Å². The molecule has 0 spiro atoms. The summed E-state index contributed by atoms with van der Waals surface area (Å²) in [5.74, 6) is 0.644. The van der Waals surface area contributed by atoms with Gasteiger partial charge in [0, 0.05) is 24.6 Å². The Morgan fingerprint density at radius 2 is 1.69 bits per heavy atom. The van der Waals surface area contributed by atoms with Crippen LogP contribution < -0.4 is 5.73 Å². The number of aryl methyl sites for hydroxylation is 2. The van der Waals surface area contributed by atoms with E-state index >= 15 is 0 Å². The van der Waals surface area contributed by atoms with E-state index in [-0.39, 0.29) is 5.41 Å². The van der Waals surface area contributed by atoms with Crippen LogP contribution in [0.2, 0.25) is 0 Å². The summed E-state index contributed by atoms with van der Waals surface area (Å²) >= 11 is 1.42. The zero-order valence-electron chi connectivity index (χ0n) is 16.0. The number of rotatable bonds is 4. The standard InChI is InChI=1S/C20H25N5S/c1-12-7-15(9-21)13(2)6-14(12)8-18-24-19(25-26-18)16-10-23-17(11-22-16)20(3,4)5/h6-7,10-11H,8-9,21H2,1-5H3. The van der Waals surface area contributed by atoms with Crippen molar-refractivity contribution in [2.24, 2.45) is 5.73 Å². The van der Waals surface area contributed by atoms with E-state index in [2.05, 4.69) is 66.1 Å². The van der Waals surface area contributed by atoms with E-state index in [1.807, 2.05) is 6.20 Å². The summed E-state index contributed by atoms with van der Waals surface area (Å²) in [4.78, 5) is 13.7. The first kappa shape index (κ1) is 18.6. The fraction of sp³-hybridized carbons (Fsp3) is 0.400. The Morgan fingerprint density at radius 1 is 1.00 bits per heavy atom. The molecule has 6 heteroatoms. The van der Waals surface area contributed by atoms with Crippen LogP contribution in [0, 0.1) is 13.8 Å². The van der Waals surface area contributed by atoms with E-state index in [1.54, 1.807) is 6.20 Å². The predicted molar refractivity (Wildman–Crippen MR) is 106 cm³/mol. The largest absolute Gasteiger partial charge is 0.326 e. The van der Waals surface area contributed by atoms with Crippen molar-refractivity contribution < 1.29 is 0 Å². The molecule has 3 aromatic rings. The number of aromatic nitrogens is 4. The SMILES string of the molecule is Cc1cc(Cc2nc(-c3cnc(C(C)(C)C)cn3)ns2)c(C)cc1CN. The molecule has 0 atom stereocenters. The smallest absolute Gasteiger partial charge is 0.193 e. The lowest BCUT2D eigenvalue weighted by Gasteiger charge is -2.16. The molecular weight excluding hydrogens is 342 g/mol. The molecule has 0 saturated heterocycles. The number of nitrogens with zero attached hydrogens (tertiary/aromatic N) is 4. The van der Waals surface area contributed by atoms with Crippen LogP contribution in [0.3, 0.4) is 0 Å². The third-order valence-corrected chi connectivity index (χ3v) is 5.18. The molecular formula is C20H25N5S. The minimum atomic E-state index is -0.0166. The van der Waals surface area contributed by atoms with Crippen molar-refractivity contribution in [3.63, 3.8) is 0 Å². The van der Waals surface area contributed by atoms with Gasteiger partial charge in [-0.1, -0.05) is 32.9 Å². The summed E-state index contributed by atoms with van der Waals surface area (Å²) in [6.07, 6.45) is 4.34. The molecule has 5 nitrogen and oxygen atoms in total. The van der Waals surface area contributed by atoms with Gasteiger partial charge in [0.05, 0.1) is 11.9 Å². The molecule has 3 rings (SSSR count). The number of hydrogen-bond acceptors (Lipinski definition) is 6. The van der Waals surface area contributed by atoms with E-state index in [0.29, 0.717) is 18.1 Å². The second-order valence-corrected chi connectivity index (χ2v) is 8.47. The minimum absolute atomic E-state index is 0.0166. The summed E-state index contributed by atoms with van der Waals surface area (Å²) in [6, 6.07) is 4.37. The summed E-state index contributed by atoms with van der Waals surface area (Å²) in [6.45, 7) is 11.1. The van der Waals surface area contributed by atoms with Crippen LogP contribution in [0.15, 0.2) is 24.5 Å². The summed E-state index contributed by atoms with van der Waals surface area (Å²) in [7, 11) is 0. The molecule has 0 fully saturated rings. The topological polar surface area (TPSA) is 77.6 Å². The van der Waals surface area contributed by atoms with Crippen molar-refractivity contribution in [2.75, 3.05) is 0 Å². The van der Waals surface area contributed by atoms with E-state index in [1.165, 1.54) is 33.8 Å². The molecule has 0 aliphatic rings. The predicted octanol–water partition coefficient (Wildman–Crippen LogP) is 3.96. The van der Waals surface area contributed by atoms with Crippen LogP contribution >= 0.6 is 11.5 Å². The lowest BCUT2D eigenvalue weighted by Crippen LogP contribution is -2.13. The fourth-order valence-corrected chi connectivity index (χ4v) is 3.44. The lowest BCUT2D eigenvalue weighted by molar-refractivity contribution is 0.565. The van der Waals surface area contributed by atoms with Gasteiger partial charge in [0.1, 0.15) is 10.7 Å². The Labute approximate surface area is 158 Å². The molecule has 26 heavy (non-hydrogen) atoms. The molecule has 0 unspecified atom stereocenters. The van der Waals surface area contributed by atoms with Gasteiger partial charge >= 0.3 is 0 Å². The molecule has 0 saturated carbocycles. The van der Waals surface area contributed by atoms with Crippen molar-refractivity contribution in [2.45, 2.75) is 53.0 Å². The van der Waals surface area contributed by atoms with Crippen molar-refractivity contribution >= 4 is 11.5 Å². The lowest BCUT2D eigenvalue weighted by atomic mass is 9.93. The molecule has 2 aromatic heterocycles. The Hall–Kier alpha value is -2.18. The third-order valence-electron chi connectivity index (χ3n) is 4.47. The molecule has 0 amide bonds. The highest BCUT2D eigenvalue weighted by atomic mass is 32.1. The highest BCUT2D eigenvalue weighted by Gasteiger charge is 2.17. The highest BCUT2D eigenvalue weighted by Crippen LogP contribution is 2.23. The van der Waals surface area contributed by atoms with Crippen LogP contribution in [-0.2, 0) is 18.4 Å². The molecule has 0 bridgehead atoms. The van der Waals surface area contributed by atoms with Crippen molar-refractivity contribution in [1.82, 2.24) is 19.3 Å². The van der Waals surface area contributed by atoms with Gasteiger partial charge in [0.25, 0.3) is 0 Å². The van der Waals surface area contributed by atoms with Crippen LogP contribution in [0.5, 0.6) is 0 Å². The molecule has 0 aliphatic heterocycles. The first-order chi connectivity index (χ1) is 12.3. The summed E-state index contributed by atoms with van der Waals surface area (Å²) in [5.41, 5.74) is 12.4. The molecule has 2 heterocycles. The minimum Gasteiger partial charge on any atom is -0.326 e. The van der Waals surface area contributed by atoms with Crippen molar-refractivity contribution in [3.05, 3.63) is 57.5 Å². The molecule has 0 radical (unpaired) electrons. The molecule has 1 aromatic carbocycles. The van der Waals surface area contributed by atoms with Gasteiger partial charge in [-0.15, -0.1) is 0 Å². The number of benzene rings is 1. The first-order valence-corrected chi connectivity index (χ1v) is 9.50. The maximum atomic E-state index is 5.79. The second-order valence-electron chi connectivity index (χ2n) is 7.63. The van der Waals surface area contributed by atoms with Crippen molar-refractivity contribution in [1.29, 1.82) is 0 Å². The molecule has 136 valence electrons. The Bertz CT molecular complexity index is 907. The van der Waals surface area contributed by atoms with E-state index in [4.69, 9.17) is 5.73 Å². The van der Waals surface area contributed by atoms with Gasteiger partial charge in [0.2, 0.25) is 0 Å². The van der Waals surface area contributed by atoms with E-state index in [9.17, 15) is 0 Å². The highest BCUT2D eigenvalue weighted by molar-refractivity contribution is 7.05. The Kier molecular flexibility index (Phi) is 5.16. The monoisotopic (exact) mass is 367 g/mol. The number of hydrogen-bond donors (Lipinski definition) is 1. The molecule has 2 N–H and O–H groups in total. The molecule has 0 aliphatic carbocycles. The van der Waals surface area contributed by atoms with Crippen LogP contribution in [-0.4, -0.2) is 19.3 Å². The fourth-order valence-electron chi connectivity index (χ4n) is 2.77. The summed E-state index contributed by atoms with van der Waals surface area (Å²) in [5, 5.41) is 0.977. The van der Waals surface area contributed by atoms with Gasteiger partial charge < -0.3 is 5.73 Å². The zero-order valence-corrected chi connectivity index (χ0v) is 16.8. The van der Waals surface area contributed by atoms with Crippen molar-refractivity contribution in [3.8, 4) is 11.5 Å². The first-order valence-electron chi connectivity index (χ1n) is 8.72. The normalized spacial score (nSPS) is 11.8. The zero-order chi connectivity index (χ0) is 18.9. The average molecular weight is 368 g/mol. The van der Waals surface area contributed by atoms with Crippen LogP contribution in [0.4, 0.5) is 0 Å². The summed E-state index contributed by atoms with van der Waals surface area (Å²) < 4.78 is 4.47. The Morgan fingerprint density at radius 3 is 2.31 bits per heavy atom. The van der Waals surface area contributed by atoms with Gasteiger partial charge in [0.15, 0.2) is 5.82 Å². The Balaban J connectivity index is 1.81. The second kappa shape index (κ2) is 7.21. The quantitative estimate of drug-likeness (QED) is 0.755.